The van der Waals surface area contributed by atoms with E-state index < -0.39 is 0 Å². The summed E-state index contributed by atoms with van der Waals surface area (Å²) >= 11 is 0. The Morgan fingerprint density at radius 2 is 2.27 bits per heavy atom. The summed E-state index contributed by atoms with van der Waals surface area (Å²) in [6, 6.07) is 5.76. The van der Waals surface area contributed by atoms with Crippen molar-refractivity contribution < 1.29 is 4.39 Å². The third kappa shape index (κ3) is 1.26. The van der Waals surface area contributed by atoms with E-state index in [0.29, 0.717) is 6.04 Å². The van der Waals surface area contributed by atoms with Crippen LogP contribution in [-0.4, -0.2) is 6.54 Å². The Balaban J connectivity index is 2.36. The van der Waals surface area contributed by atoms with Gasteiger partial charge in [0.2, 0.25) is 0 Å². The summed E-state index contributed by atoms with van der Waals surface area (Å²) in [5.41, 5.74) is 1.93. The molecule has 2 rings (SSSR count). The standard InChI is InChI=1S/C9H10FN/c1-6-4-7(9-5-11-9)2-3-8(6)10/h2-4,9,11H,5H2,1H3. The van der Waals surface area contributed by atoms with Crippen molar-refractivity contribution in [1.82, 2.24) is 5.32 Å². The van der Waals surface area contributed by atoms with Gasteiger partial charge < -0.3 is 5.32 Å². The molecule has 0 saturated carbocycles. The molecule has 0 amide bonds. The number of nitrogens with one attached hydrogen (secondary N) is 1. The molecule has 1 nitrogen and oxygen atoms in total. The second-order valence-electron chi connectivity index (χ2n) is 2.97. The van der Waals surface area contributed by atoms with Crippen molar-refractivity contribution in [2.45, 2.75) is 13.0 Å². The van der Waals surface area contributed by atoms with Crippen molar-refractivity contribution in [2.24, 2.45) is 0 Å². The number of rotatable bonds is 1. The molecule has 0 radical (unpaired) electrons. The molecular weight excluding hydrogens is 141 g/mol. The molecule has 0 bridgehead atoms. The third-order valence-electron chi connectivity index (χ3n) is 1.99. The molecule has 1 N–H and O–H groups in total. The molecule has 0 spiro atoms. The average molecular weight is 151 g/mol. The summed E-state index contributed by atoms with van der Waals surface area (Å²) in [6.07, 6.45) is 0. The summed E-state index contributed by atoms with van der Waals surface area (Å²) in [7, 11) is 0. The van der Waals surface area contributed by atoms with Crippen molar-refractivity contribution >= 4 is 0 Å². The molecule has 1 fully saturated rings. The zero-order valence-corrected chi connectivity index (χ0v) is 6.39. The van der Waals surface area contributed by atoms with Crippen molar-refractivity contribution in [3.05, 3.63) is 35.1 Å². The largest absolute Gasteiger partial charge is 0.307 e. The minimum atomic E-state index is -0.116. The van der Waals surface area contributed by atoms with E-state index in [1.807, 2.05) is 12.1 Å². The molecule has 58 valence electrons. The van der Waals surface area contributed by atoms with Crippen molar-refractivity contribution in [3.63, 3.8) is 0 Å². The van der Waals surface area contributed by atoms with Gasteiger partial charge in [0.05, 0.1) is 0 Å². The summed E-state index contributed by atoms with van der Waals surface area (Å²) < 4.78 is 12.8. The first kappa shape index (κ1) is 6.80. The van der Waals surface area contributed by atoms with Crippen LogP contribution >= 0.6 is 0 Å². The van der Waals surface area contributed by atoms with E-state index in [9.17, 15) is 4.39 Å². The molecule has 1 saturated heterocycles. The van der Waals surface area contributed by atoms with Gasteiger partial charge in [-0.05, 0) is 24.1 Å². The molecule has 1 heterocycles. The fraction of sp³-hybridized carbons (Fsp3) is 0.333. The Labute approximate surface area is 65.2 Å². The monoisotopic (exact) mass is 151 g/mol. The van der Waals surface area contributed by atoms with E-state index in [4.69, 9.17) is 0 Å². The topological polar surface area (TPSA) is 21.9 Å². The highest BCUT2D eigenvalue weighted by atomic mass is 19.1. The smallest absolute Gasteiger partial charge is 0.126 e. The highest BCUT2D eigenvalue weighted by Gasteiger charge is 2.22. The Morgan fingerprint density at radius 3 is 2.82 bits per heavy atom. The van der Waals surface area contributed by atoms with E-state index in [0.717, 1.165) is 12.1 Å². The van der Waals surface area contributed by atoms with Crippen LogP contribution in [0.4, 0.5) is 4.39 Å². The predicted molar refractivity (Wildman–Crippen MR) is 41.9 cm³/mol. The zero-order valence-electron chi connectivity index (χ0n) is 6.39. The fourth-order valence-electron chi connectivity index (χ4n) is 1.18. The van der Waals surface area contributed by atoms with Crippen LogP contribution in [0.2, 0.25) is 0 Å². The normalized spacial score (nSPS) is 21.8. The van der Waals surface area contributed by atoms with Gasteiger partial charge in [-0.3, -0.25) is 0 Å². The minimum absolute atomic E-state index is 0.116. The van der Waals surface area contributed by atoms with Gasteiger partial charge in [-0.1, -0.05) is 12.1 Å². The molecule has 1 atom stereocenters. The van der Waals surface area contributed by atoms with Crippen molar-refractivity contribution in [3.8, 4) is 0 Å². The molecule has 1 aliphatic rings. The van der Waals surface area contributed by atoms with Crippen LogP contribution in [0.15, 0.2) is 18.2 Å². The van der Waals surface area contributed by atoms with E-state index in [-0.39, 0.29) is 5.82 Å². The lowest BCUT2D eigenvalue weighted by Crippen LogP contribution is -1.88. The highest BCUT2D eigenvalue weighted by molar-refractivity contribution is 5.29. The summed E-state index contributed by atoms with van der Waals surface area (Å²) in [5.74, 6) is -0.116. The zero-order chi connectivity index (χ0) is 7.84. The van der Waals surface area contributed by atoms with Gasteiger partial charge in [0.25, 0.3) is 0 Å². The lowest BCUT2D eigenvalue weighted by Gasteiger charge is -1.99. The molecule has 11 heavy (non-hydrogen) atoms. The quantitative estimate of drug-likeness (QED) is 0.607. The van der Waals surface area contributed by atoms with Crippen molar-refractivity contribution in [1.29, 1.82) is 0 Å². The fourth-order valence-corrected chi connectivity index (χ4v) is 1.18. The van der Waals surface area contributed by atoms with Gasteiger partial charge in [-0.15, -0.1) is 0 Å². The van der Waals surface area contributed by atoms with Crippen molar-refractivity contribution in [2.75, 3.05) is 6.54 Å². The van der Waals surface area contributed by atoms with Crippen LogP contribution in [0, 0.1) is 12.7 Å². The predicted octanol–water partition coefficient (Wildman–Crippen LogP) is 1.78. The number of benzene rings is 1. The maximum Gasteiger partial charge on any atom is 0.126 e. The van der Waals surface area contributed by atoms with Crippen LogP contribution in [0.3, 0.4) is 0 Å². The lowest BCUT2D eigenvalue weighted by molar-refractivity contribution is 0.617. The highest BCUT2D eigenvalue weighted by Crippen LogP contribution is 2.22. The van der Waals surface area contributed by atoms with E-state index in [1.54, 1.807) is 6.92 Å². The van der Waals surface area contributed by atoms with Gasteiger partial charge in [-0.25, -0.2) is 4.39 Å². The Bertz CT molecular complexity index is 279. The first-order valence-corrected chi connectivity index (χ1v) is 3.77. The average Bonchev–Trinajstić information content (AvgIpc) is 2.77. The summed E-state index contributed by atoms with van der Waals surface area (Å²) in [5, 5.41) is 3.17. The molecule has 0 aromatic heterocycles. The van der Waals surface area contributed by atoms with Gasteiger partial charge >= 0.3 is 0 Å². The number of halogens is 1. The number of hydrogen-bond acceptors (Lipinski definition) is 1. The maximum atomic E-state index is 12.8. The second-order valence-corrected chi connectivity index (χ2v) is 2.97. The Hall–Kier alpha value is -0.890. The van der Waals surface area contributed by atoms with Crippen LogP contribution in [-0.2, 0) is 0 Å². The van der Waals surface area contributed by atoms with Gasteiger partial charge in [0.1, 0.15) is 5.82 Å². The van der Waals surface area contributed by atoms with Crippen LogP contribution in [0.1, 0.15) is 17.2 Å². The molecule has 1 aromatic carbocycles. The third-order valence-corrected chi connectivity index (χ3v) is 1.99. The summed E-state index contributed by atoms with van der Waals surface area (Å²) in [6.45, 7) is 2.83. The molecule has 1 unspecified atom stereocenters. The van der Waals surface area contributed by atoms with E-state index in [2.05, 4.69) is 5.32 Å². The Kier molecular flexibility index (Phi) is 1.43. The SMILES string of the molecule is Cc1cc(C2CN2)ccc1F. The van der Waals surface area contributed by atoms with Crippen LogP contribution in [0.25, 0.3) is 0 Å². The molecule has 0 aliphatic carbocycles. The van der Waals surface area contributed by atoms with Gasteiger partial charge in [-0.2, -0.15) is 0 Å². The summed E-state index contributed by atoms with van der Waals surface area (Å²) in [4.78, 5) is 0. The number of aryl methyl sites for hydroxylation is 1. The van der Waals surface area contributed by atoms with E-state index >= 15 is 0 Å². The number of hydrogen-bond donors (Lipinski definition) is 1. The minimum Gasteiger partial charge on any atom is -0.307 e. The van der Waals surface area contributed by atoms with Crippen LogP contribution in [0.5, 0.6) is 0 Å². The molecular formula is C9H10FN. The first-order valence-electron chi connectivity index (χ1n) is 3.77. The van der Waals surface area contributed by atoms with Gasteiger partial charge in [0, 0.05) is 12.6 Å². The molecule has 1 aromatic rings. The second kappa shape index (κ2) is 2.31. The Morgan fingerprint density at radius 1 is 1.55 bits per heavy atom. The molecule has 2 heteroatoms. The lowest BCUT2D eigenvalue weighted by atomic mass is 10.1. The first-order chi connectivity index (χ1) is 5.27. The molecule has 1 aliphatic heterocycles. The van der Waals surface area contributed by atoms with Crippen LogP contribution < -0.4 is 5.32 Å². The van der Waals surface area contributed by atoms with Gasteiger partial charge in [0.15, 0.2) is 0 Å². The van der Waals surface area contributed by atoms with E-state index in [1.165, 1.54) is 11.6 Å². The maximum absolute atomic E-state index is 12.8.